The first-order valence-electron chi connectivity index (χ1n) is 11.1. The molecule has 1 atom stereocenters. The molecule has 31 heavy (non-hydrogen) atoms. The van der Waals surface area contributed by atoms with E-state index in [1.54, 1.807) is 11.8 Å². The van der Waals surface area contributed by atoms with E-state index in [0.29, 0.717) is 0 Å². The van der Waals surface area contributed by atoms with E-state index in [0.717, 1.165) is 54.8 Å². The number of nitrogens with one attached hydrogen (secondary N) is 1. The summed E-state index contributed by atoms with van der Waals surface area (Å²) in [6, 6.07) is 16.7. The maximum atomic E-state index is 9.39. The van der Waals surface area contributed by atoms with Crippen LogP contribution in [0.2, 0.25) is 0 Å². The van der Waals surface area contributed by atoms with Crippen LogP contribution in [0, 0.1) is 0 Å². The van der Waals surface area contributed by atoms with Crippen LogP contribution in [0.25, 0.3) is 11.0 Å². The molecule has 1 aliphatic rings. The molecule has 2 aromatic carbocycles. The monoisotopic (exact) mass is 439 g/mol. The van der Waals surface area contributed by atoms with E-state index < -0.39 is 0 Å². The van der Waals surface area contributed by atoms with Crippen molar-refractivity contribution in [3.63, 3.8) is 0 Å². The Labute approximate surface area is 189 Å². The Morgan fingerprint density at radius 2 is 1.97 bits per heavy atom. The Morgan fingerprint density at radius 1 is 1.19 bits per heavy atom. The number of thioether (sulfide) groups is 1. The minimum Gasteiger partial charge on any atom is -0.396 e. The summed E-state index contributed by atoms with van der Waals surface area (Å²) in [6.07, 6.45) is 2.80. The summed E-state index contributed by atoms with van der Waals surface area (Å²) in [5, 5.41) is 9.39. The molecule has 1 fully saturated rings. The Bertz CT molecular complexity index is 962. The van der Waals surface area contributed by atoms with Crippen molar-refractivity contribution in [2.75, 3.05) is 26.7 Å². The number of benzene rings is 2. The van der Waals surface area contributed by atoms with E-state index in [-0.39, 0.29) is 23.6 Å². The zero-order chi connectivity index (χ0) is 21.8. The SMILES string of the molecule is CN1CCC(OC(c2cccc(SC(C)(C)CCO)c2)c2nc3ccccc3[nH]2)CC1. The fourth-order valence-electron chi connectivity index (χ4n) is 4.09. The molecule has 1 aliphatic heterocycles. The maximum Gasteiger partial charge on any atom is 0.141 e. The van der Waals surface area contributed by atoms with E-state index in [1.807, 2.05) is 18.2 Å². The number of likely N-dealkylation sites (tertiary alicyclic amines) is 1. The highest BCUT2D eigenvalue weighted by molar-refractivity contribution is 8.00. The van der Waals surface area contributed by atoms with Crippen molar-refractivity contribution in [2.24, 2.45) is 0 Å². The van der Waals surface area contributed by atoms with E-state index in [4.69, 9.17) is 9.72 Å². The number of aromatic nitrogens is 2. The smallest absolute Gasteiger partial charge is 0.141 e. The first-order valence-corrected chi connectivity index (χ1v) is 11.9. The Kier molecular flexibility index (Phi) is 7.02. The van der Waals surface area contributed by atoms with Crippen molar-refractivity contribution in [3.05, 3.63) is 59.9 Å². The maximum absolute atomic E-state index is 9.39. The molecule has 2 heterocycles. The van der Waals surface area contributed by atoms with Gasteiger partial charge in [0.15, 0.2) is 0 Å². The zero-order valence-corrected chi connectivity index (χ0v) is 19.5. The fourth-order valence-corrected chi connectivity index (χ4v) is 5.26. The third-order valence-electron chi connectivity index (χ3n) is 5.92. The van der Waals surface area contributed by atoms with Gasteiger partial charge in [0.1, 0.15) is 11.9 Å². The molecular formula is C25H33N3O2S. The third-order valence-corrected chi connectivity index (χ3v) is 7.17. The number of hydrogen-bond acceptors (Lipinski definition) is 5. The van der Waals surface area contributed by atoms with Gasteiger partial charge in [-0.2, -0.15) is 0 Å². The van der Waals surface area contributed by atoms with Crippen LogP contribution in [0.3, 0.4) is 0 Å². The number of aromatic amines is 1. The standard InChI is InChI=1S/C25H33N3O2S/c1-25(2,13-16-29)31-20-8-6-7-18(17-20)23(30-19-11-14-28(3)15-12-19)24-26-21-9-4-5-10-22(21)27-24/h4-10,17,19,23,29H,11-16H2,1-3H3,(H,26,27). The Hall–Kier alpha value is -1.86. The predicted molar refractivity (Wildman–Crippen MR) is 128 cm³/mol. The summed E-state index contributed by atoms with van der Waals surface area (Å²) in [5.74, 6) is 0.858. The minimum atomic E-state index is -0.234. The molecule has 0 spiro atoms. The molecule has 2 N–H and O–H groups in total. The molecule has 0 aliphatic carbocycles. The van der Waals surface area contributed by atoms with Crippen LogP contribution in [0.4, 0.5) is 0 Å². The lowest BCUT2D eigenvalue weighted by atomic mass is 10.1. The molecule has 6 heteroatoms. The average molecular weight is 440 g/mol. The van der Waals surface area contributed by atoms with Gasteiger partial charge < -0.3 is 19.7 Å². The number of piperidine rings is 1. The van der Waals surface area contributed by atoms with Gasteiger partial charge in [0.2, 0.25) is 0 Å². The number of para-hydroxylation sites is 2. The molecule has 166 valence electrons. The predicted octanol–water partition coefficient (Wildman–Crippen LogP) is 5.02. The van der Waals surface area contributed by atoms with E-state index in [2.05, 4.69) is 61.1 Å². The number of nitrogens with zero attached hydrogens (tertiary/aromatic N) is 2. The zero-order valence-electron chi connectivity index (χ0n) is 18.7. The second kappa shape index (κ2) is 9.74. The van der Waals surface area contributed by atoms with Crippen LogP contribution >= 0.6 is 11.8 Å². The molecular weight excluding hydrogens is 406 g/mol. The highest BCUT2D eigenvalue weighted by Gasteiger charge is 2.27. The van der Waals surface area contributed by atoms with Crippen molar-refractivity contribution < 1.29 is 9.84 Å². The van der Waals surface area contributed by atoms with Gasteiger partial charge in [0.05, 0.1) is 17.1 Å². The van der Waals surface area contributed by atoms with Crippen LogP contribution < -0.4 is 0 Å². The minimum absolute atomic E-state index is 0.0307. The number of fused-ring (bicyclic) bond motifs is 1. The molecule has 1 saturated heterocycles. The normalized spacial score (nSPS) is 17.3. The van der Waals surface area contributed by atoms with E-state index >= 15 is 0 Å². The summed E-state index contributed by atoms with van der Waals surface area (Å²) < 4.78 is 6.67. The number of aliphatic hydroxyl groups excluding tert-OH is 1. The largest absolute Gasteiger partial charge is 0.396 e. The molecule has 0 bridgehead atoms. The van der Waals surface area contributed by atoms with Gasteiger partial charge in [-0.15, -0.1) is 11.8 Å². The van der Waals surface area contributed by atoms with Gasteiger partial charge >= 0.3 is 0 Å². The van der Waals surface area contributed by atoms with Crippen molar-refractivity contribution >= 4 is 22.8 Å². The quantitative estimate of drug-likeness (QED) is 0.483. The summed E-state index contributed by atoms with van der Waals surface area (Å²) in [7, 11) is 2.17. The van der Waals surface area contributed by atoms with Crippen LogP contribution in [-0.4, -0.2) is 57.6 Å². The van der Waals surface area contributed by atoms with Crippen LogP contribution in [0.1, 0.15) is 50.6 Å². The first-order chi connectivity index (χ1) is 14.9. The van der Waals surface area contributed by atoms with Gasteiger partial charge in [-0.1, -0.05) is 38.1 Å². The third kappa shape index (κ3) is 5.69. The first kappa shape index (κ1) is 22.3. The second-order valence-corrected chi connectivity index (χ2v) is 10.8. The molecule has 4 rings (SSSR count). The van der Waals surface area contributed by atoms with Crippen molar-refractivity contribution in [3.8, 4) is 0 Å². The molecule has 1 aromatic heterocycles. The van der Waals surface area contributed by atoms with E-state index in [1.165, 1.54) is 4.90 Å². The van der Waals surface area contributed by atoms with E-state index in [9.17, 15) is 5.11 Å². The lowest BCUT2D eigenvalue weighted by Gasteiger charge is -2.31. The van der Waals surface area contributed by atoms with Crippen LogP contribution in [0.5, 0.6) is 0 Å². The van der Waals surface area contributed by atoms with Crippen LogP contribution in [-0.2, 0) is 4.74 Å². The lowest BCUT2D eigenvalue weighted by molar-refractivity contribution is -0.0264. The number of hydrogen-bond donors (Lipinski definition) is 2. The van der Waals surface area contributed by atoms with Gasteiger partial charge in [-0.3, -0.25) is 0 Å². The van der Waals surface area contributed by atoms with Crippen molar-refractivity contribution in [2.45, 2.75) is 55.0 Å². The summed E-state index contributed by atoms with van der Waals surface area (Å²) in [4.78, 5) is 11.9. The van der Waals surface area contributed by atoms with Gasteiger partial charge in [-0.05, 0) is 56.1 Å². The highest BCUT2D eigenvalue weighted by atomic mass is 32.2. The summed E-state index contributed by atoms with van der Waals surface area (Å²) in [6.45, 7) is 6.66. The van der Waals surface area contributed by atoms with Gasteiger partial charge in [0.25, 0.3) is 0 Å². The summed E-state index contributed by atoms with van der Waals surface area (Å²) in [5.41, 5.74) is 3.11. The highest BCUT2D eigenvalue weighted by Crippen LogP contribution is 2.37. The molecule has 0 saturated carbocycles. The topological polar surface area (TPSA) is 61.4 Å². The molecule has 0 amide bonds. The fraction of sp³-hybridized carbons (Fsp3) is 0.480. The van der Waals surface area contributed by atoms with Gasteiger partial charge in [0, 0.05) is 29.3 Å². The number of H-pyrrole nitrogens is 1. The number of aliphatic hydroxyl groups is 1. The van der Waals surface area contributed by atoms with Gasteiger partial charge in [-0.25, -0.2) is 4.98 Å². The van der Waals surface area contributed by atoms with Crippen molar-refractivity contribution in [1.82, 2.24) is 14.9 Å². The Morgan fingerprint density at radius 3 is 2.71 bits per heavy atom. The second-order valence-electron chi connectivity index (χ2n) is 9.07. The summed E-state index contributed by atoms with van der Waals surface area (Å²) >= 11 is 1.80. The van der Waals surface area contributed by atoms with Crippen LogP contribution in [0.15, 0.2) is 53.4 Å². The number of imidazole rings is 1. The molecule has 5 nitrogen and oxygen atoms in total. The Balaban J connectivity index is 1.64. The number of ether oxygens (including phenoxy) is 1. The average Bonchev–Trinajstić information content (AvgIpc) is 3.17. The number of rotatable bonds is 8. The van der Waals surface area contributed by atoms with Crippen molar-refractivity contribution in [1.29, 1.82) is 0 Å². The molecule has 1 unspecified atom stereocenters. The molecule has 3 aromatic rings. The molecule has 0 radical (unpaired) electrons. The lowest BCUT2D eigenvalue weighted by Crippen LogP contribution is -2.35.